The van der Waals surface area contributed by atoms with Gasteiger partial charge in [-0.3, -0.25) is 4.90 Å². The number of anilines is 2. The molecule has 2 aromatic rings. The van der Waals surface area contributed by atoms with Crippen molar-refractivity contribution in [3.05, 3.63) is 23.9 Å². The predicted molar refractivity (Wildman–Crippen MR) is 133 cm³/mol. The third kappa shape index (κ3) is 8.16. The first-order chi connectivity index (χ1) is 17.8. The lowest BCUT2D eigenvalue weighted by atomic mass is 9.92. The Labute approximate surface area is 218 Å². The largest absolute Gasteiger partial charge is 0.433 e. The quantitative estimate of drug-likeness (QED) is 0.437. The van der Waals surface area contributed by atoms with Crippen molar-refractivity contribution in [2.75, 3.05) is 30.5 Å². The molecular formula is C25H34F5N7O. The molecule has 13 heteroatoms. The summed E-state index contributed by atoms with van der Waals surface area (Å²) in [5.74, 6) is -2.41. The van der Waals surface area contributed by atoms with Gasteiger partial charge in [0, 0.05) is 38.0 Å². The van der Waals surface area contributed by atoms with E-state index in [2.05, 4.69) is 35.5 Å². The average Bonchev–Trinajstić information content (AvgIpc) is 2.84. The van der Waals surface area contributed by atoms with E-state index in [9.17, 15) is 22.0 Å². The minimum absolute atomic E-state index is 0.0340. The van der Waals surface area contributed by atoms with E-state index >= 15 is 0 Å². The van der Waals surface area contributed by atoms with Crippen LogP contribution in [0, 0.1) is 0 Å². The Morgan fingerprint density at radius 1 is 0.895 bits per heavy atom. The summed E-state index contributed by atoms with van der Waals surface area (Å²) in [5, 5.41) is 6.36. The summed E-state index contributed by atoms with van der Waals surface area (Å²) in [6.07, 6.45) is -3.08. The van der Waals surface area contributed by atoms with Gasteiger partial charge in [0.15, 0.2) is 5.82 Å². The standard InChI is InChI=1S/C25H34F5N7O/c1-23(2,3)38-15-37-13-9-17(10-14-37)32-22-35-20(18-5-4-6-19(33-18)25(28,29)30)34-21(36-22)31-16-7-11-24(26,27)12-8-16/h4-6,16-17H,7-15H2,1-3H3,(H2,31,32,34,35,36). The Balaban J connectivity index is 1.51. The van der Waals surface area contributed by atoms with Gasteiger partial charge in [0.25, 0.3) is 0 Å². The van der Waals surface area contributed by atoms with Gasteiger partial charge in [0.05, 0.1) is 12.3 Å². The van der Waals surface area contributed by atoms with Crippen molar-refractivity contribution < 1.29 is 26.7 Å². The first-order valence-corrected chi connectivity index (χ1v) is 12.8. The number of nitrogens with zero attached hydrogens (tertiary/aromatic N) is 5. The molecule has 8 nitrogen and oxygen atoms in total. The van der Waals surface area contributed by atoms with Crippen LogP contribution in [-0.2, 0) is 10.9 Å². The highest BCUT2D eigenvalue weighted by Gasteiger charge is 2.35. The number of piperidine rings is 1. The molecule has 0 radical (unpaired) electrons. The lowest BCUT2D eigenvalue weighted by Gasteiger charge is -2.34. The fourth-order valence-corrected chi connectivity index (χ4v) is 4.38. The second-order valence-electron chi connectivity index (χ2n) is 10.9. The molecule has 0 unspecified atom stereocenters. The number of ether oxygens (including phenoxy) is 1. The molecule has 2 N–H and O–H groups in total. The van der Waals surface area contributed by atoms with Gasteiger partial charge in [-0.25, -0.2) is 13.8 Å². The van der Waals surface area contributed by atoms with Gasteiger partial charge in [0.2, 0.25) is 17.8 Å². The monoisotopic (exact) mass is 543 g/mol. The van der Waals surface area contributed by atoms with E-state index in [-0.39, 0.29) is 66.8 Å². The second kappa shape index (κ2) is 11.2. The molecule has 0 amide bonds. The Bertz CT molecular complexity index is 1070. The van der Waals surface area contributed by atoms with Crippen LogP contribution in [0.1, 0.15) is 65.0 Å². The maximum absolute atomic E-state index is 13.6. The van der Waals surface area contributed by atoms with E-state index in [1.54, 1.807) is 0 Å². The zero-order chi connectivity index (χ0) is 27.6. The van der Waals surface area contributed by atoms with Crippen LogP contribution in [-0.4, -0.2) is 68.3 Å². The highest BCUT2D eigenvalue weighted by molar-refractivity contribution is 5.54. The fraction of sp³-hybridized carbons (Fsp3) is 0.680. The van der Waals surface area contributed by atoms with Crippen molar-refractivity contribution in [2.24, 2.45) is 0 Å². The summed E-state index contributed by atoms with van der Waals surface area (Å²) >= 11 is 0. The SMILES string of the molecule is CC(C)(C)OCN1CCC(Nc2nc(NC3CCC(F)(F)CC3)nc(-c3cccc(C(F)(F)F)n3)n2)CC1. The number of pyridine rings is 1. The predicted octanol–water partition coefficient (Wildman–Crippen LogP) is 5.59. The van der Waals surface area contributed by atoms with Crippen LogP contribution in [0.2, 0.25) is 0 Å². The number of hydrogen-bond acceptors (Lipinski definition) is 8. The highest BCUT2D eigenvalue weighted by Crippen LogP contribution is 2.34. The summed E-state index contributed by atoms with van der Waals surface area (Å²) in [7, 11) is 0. The molecule has 1 aliphatic carbocycles. The third-order valence-electron chi connectivity index (χ3n) is 6.56. The summed E-state index contributed by atoms with van der Waals surface area (Å²) in [5.41, 5.74) is -1.35. The van der Waals surface area contributed by atoms with Crippen LogP contribution in [0.25, 0.3) is 11.5 Å². The maximum Gasteiger partial charge on any atom is 0.433 e. The number of nitrogens with one attached hydrogen (secondary N) is 2. The molecular weight excluding hydrogens is 509 g/mol. The summed E-state index contributed by atoms with van der Waals surface area (Å²) < 4.78 is 72.8. The molecule has 3 heterocycles. The van der Waals surface area contributed by atoms with Gasteiger partial charge < -0.3 is 15.4 Å². The number of aromatic nitrogens is 4. The summed E-state index contributed by atoms with van der Waals surface area (Å²) in [4.78, 5) is 19.0. The molecule has 0 atom stereocenters. The van der Waals surface area contributed by atoms with Crippen molar-refractivity contribution in [2.45, 2.75) is 89.1 Å². The van der Waals surface area contributed by atoms with Crippen LogP contribution in [0.5, 0.6) is 0 Å². The summed E-state index contributed by atoms with van der Waals surface area (Å²) in [6.45, 7) is 8.13. The van der Waals surface area contributed by atoms with Gasteiger partial charge >= 0.3 is 6.18 Å². The zero-order valence-electron chi connectivity index (χ0n) is 21.8. The van der Waals surface area contributed by atoms with E-state index < -0.39 is 17.8 Å². The van der Waals surface area contributed by atoms with Crippen molar-refractivity contribution in [1.29, 1.82) is 0 Å². The molecule has 0 spiro atoms. The first kappa shape index (κ1) is 28.3. The molecule has 0 bridgehead atoms. The van der Waals surface area contributed by atoms with E-state index in [4.69, 9.17) is 4.74 Å². The smallest absolute Gasteiger partial charge is 0.360 e. The van der Waals surface area contributed by atoms with Gasteiger partial charge in [-0.1, -0.05) is 6.07 Å². The Hall–Kier alpha value is -2.67. The molecule has 1 saturated heterocycles. The fourth-order valence-electron chi connectivity index (χ4n) is 4.38. The van der Waals surface area contributed by atoms with Crippen molar-refractivity contribution >= 4 is 11.9 Å². The van der Waals surface area contributed by atoms with Gasteiger partial charge in [-0.2, -0.15) is 28.1 Å². The van der Waals surface area contributed by atoms with E-state index in [1.165, 1.54) is 12.1 Å². The van der Waals surface area contributed by atoms with Crippen molar-refractivity contribution in [3.8, 4) is 11.5 Å². The molecule has 2 aliphatic rings. The van der Waals surface area contributed by atoms with Gasteiger partial charge in [-0.15, -0.1) is 0 Å². The topological polar surface area (TPSA) is 88.1 Å². The Morgan fingerprint density at radius 2 is 1.47 bits per heavy atom. The number of rotatable bonds is 7. The molecule has 1 aliphatic heterocycles. The first-order valence-electron chi connectivity index (χ1n) is 12.8. The minimum atomic E-state index is -4.62. The molecule has 2 aromatic heterocycles. The molecule has 0 aromatic carbocycles. The van der Waals surface area contributed by atoms with Crippen molar-refractivity contribution in [3.63, 3.8) is 0 Å². The van der Waals surface area contributed by atoms with Crippen LogP contribution in [0.3, 0.4) is 0 Å². The summed E-state index contributed by atoms with van der Waals surface area (Å²) in [6, 6.07) is 3.27. The van der Waals surface area contributed by atoms with E-state index in [0.29, 0.717) is 6.73 Å². The molecule has 210 valence electrons. The van der Waals surface area contributed by atoms with Crippen LogP contribution in [0.4, 0.5) is 33.8 Å². The maximum atomic E-state index is 13.6. The molecule has 4 rings (SSSR count). The average molecular weight is 544 g/mol. The molecule has 2 fully saturated rings. The number of likely N-dealkylation sites (tertiary alicyclic amines) is 1. The Morgan fingerprint density at radius 3 is 2.03 bits per heavy atom. The lowest BCUT2D eigenvalue weighted by molar-refractivity contribution is -0.141. The third-order valence-corrected chi connectivity index (χ3v) is 6.56. The zero-order valence-corrected chi connectivity index (χ0v) is 21.8. The number of halogens is 5. The van der Waals surface area contributed by atoms with Crippen LogP contribution < -0.4 is 10.6 Å². The highest BCUT2D eigenvalue weighted by atomic mass is 19.4. The van der Waals surface area contributed by atoms with Crippen LogP contribution >= 0.6 is 0 Å². The van der Waals surface area contributed by atoms with Gasteiger partial charge in [0.1, 0.15) is 11.4 Å². The molecule has 1 saturated carbocycles. The lowest BCUT2D eigenvalue weighted by Crippen LogP contribution is -2.42. The van der Waals surface area contributed by atoms with E-state index in [0.717, 1.165) is 32.0 Å². The van der Waals surface area contributed by atoms with Crippen LogP contribution in [0.15, 0.2) is 18.2 Å². The van der Waals surface area contributed by atoms with Gasteiger partial charge in [-0.05, 0) is 58.6 Å². The number of alkyl halides is 5. The number of hydrogen-bond donors (Lipinski definition) is 2. The van der Waals surface area contributed by atoms with E-state index in [1.807, 2.05) is 20.8 Å². The minimum Gasteiger partial charge on any atom is -0.360 e. The molecule has 38 heavy (non-hydrogen) atoms. The second-order valence-corrected chi connectivity index (χ2v) is 10.9. The van der Waals surface area contributed by atoms with Crippen molar-refractivity contribution in [1.82, 2.24) is 24.8 Å². The Kier molecular flexibility index (Phi) is 8.36. The normalized spacial score (nSPS) is 19.9.